The summed E-state index contributed by atoms with van der Waals surface area (Å²) < 4.78 is 64.6. The van der Waals surface area contributed by atoms with Gasteiger partial charge in [0.15, 0.2) is 5.75 Å². The van der Waals surface area contributed by atoms with Crippen LogP contribution in [0.5, 0.6) is 5.75 Å². The first kappa shape index (κ1) is 19.6. The molecule has 0 aliphatic rings. The molecule has 6 N–H and O–H groups in total. The number of nitrogens with one attached hydrogen (secondary N) is 1. The summed E-state index contributed by atoms with van der Waals surface area (Å²) in [6, 6.07) is 3.99. The summed E-state index contributed by atoms with van der Waals surface area (Å²) in [5, 5.41) is 21.1. The first-order valence-corrected chi connectivity index (χ1v) is 9.73. The molecule has 14 heteroatoms. The summed E-state index contributed by atoms with van der Waals surface area (Å²) in [5.41, 5.74) is 8.30. The van der Waals surface area contributed by atoms with Crippen LogP contribution >= 0.6 is 0 Å². The first-order valence-electron chi connectivity index (χ1n) is 6.89. The minimum atomic E-state index is -4.68. The average Bonchev–Trinajstić information content (AvgIpc) is 2.50. The number of benzene rings is 2. The van der Waals surface area contributed by atoms with E-state index in [9.17, 15) is 26.5 Å². The maximum absolute atomic E-state index is 11.4. The number of hydrogen-bond acceptors (Lipinski definition) is 10. The van der Waals surface area contributed by atoms with Gasteiger partial charge in [0.2, 0.25) is 1.41 Å². The number of nitrogens with two attached hydrogens (primary N) is 1. The van der Waals surface area contributed by atoms with E-state index in [2.05, 4.69) is 20.9 Å². The summed E-state index contributed by atoms with van der Waals surface area (Å²) in [7, 11) is -6.91. The third-order valence-corrected chi connectivity index (χ3v) is 3.69. The molecular formula is C12H15N5O7S2. The second-order valence-corrected chi connectivity index (χ2v) is 7.63. The maximum Gasteiger partial charge on any atom is 0.296 e. The van der Waals surface area contributed by atoms with E-state index in [1.807, 2.05) is 0 Å². The Morgan fingerprint density at radius 2 is 1.81 bits per heavy atom. The molecule has 0 amide bonds. The zero-order valence-electron chi connectivity index (χ0n) is 14.4. The van der Waals surface area contributed by atoms with Crippen molar-refractivity contribution in [2.24, 2.45) is 15.3 Å². The Kier molecular flexibility index (Phi) is 5.81. The summed E-state index contributed by atoms with van der Waals surface area (Å²) >= 11 is 0. The fourth-order valence-corrected chi connectivity index (χ4v) is 2.60. The van der Waals surface area contributed by atoms with E-state index >= 15 is 0 Å². The van der Waals surface area contributed by atoms with Crippen molar-refractivity contribution >= 4 is 48.1 Å². The van der Waals surface area contributed by atoms with E-state index in [4.69, 9.17) is 11.7 Å². The van der Waals surface area contributed by atoms with Gasteiger partial charge in [-0.05, 0) is 17.5 Å². The van der Waals surface area contributed by atoms with Gasteiger partial charge in [-0.15, -0.1) is 0 Å². The minimum absolute atomic E-state index is 0.0453. The third-order valence-electron chi connectivity index (χ3n) is 2.82. The van der Waals surface area contributed by atoms with Crippen molar-refractivity contribution in [1.82, 2.24) is 0 Å². The van der Waals surface area contributed by atoms with E-state index in [0.29, 0.717) is 6.26 Å². The molecule has 0 saturated carbocycles. The van der Waals surface area contributed by atoms with Crippen LogP contribution in [0.2, 0.25) is 1.41 Å². The van der Waals surface area contributed by atoms with Crippen molar-refractivity contribution in [3.63, 3.8) is 0 Å². The molecule has 0 aliphatic heterocycles. The second-order valence-electron chi connectivity index (χ2n) is 4.78. The predicted molar refractivity (Wildman–Crippen MR) is 92.6 cm³/mol. The van der Waals surface area contributed by atoms with Crippen LogP contribution in [-0.2, 0) is 20.2 Å². The van der Waals surface area contributed by atoms with Crippen molar-refractivity contribution < 1.29 is 32.5 Å². The molecule has 2 aromatic carbocycles. The average molecular weight is 406 g/mol. The van der Waals surface area contributed by atoms with E-state index in [1.54, 1.807) is 0 Å². The summed E-state index contributed by atoms with van der Waals surface area (Å²) in [4.78, 5) is -0.683. The normalized spacial score (nSPS) is 13.0. The predicted octanol–water partition coefficient (Wildman–Crippen LogP) is 2.25. The third kappa shape index (κ3) is 5.16. The quantitative estimate of drug-likeness (QED) is 0.288. The Hall–Kier alpha value is -2.68. The van der Waals surface area contributed by atoms with Crippen LogP contribution in [0.25, 0.3) is 10.8 Å². The largest absolute Gasteiger partial charge is 0.505 e. The lowest BCUT2D eigenvalue weighted by molar-refractivity contribution is 0.472. The van der Waals surface area contributed by atoms with Gasteiger partial charge in [0, 0.05) is 7.05 Å². The molecule has 0 spiro atoms. The highest BCUT2D eigenvalue weighted by Crippen LogP contribution is 2.45. The van der Waals surface area contributed by atoms with E-state index in [0.717, 1.165) is 6.07 Å². The molecule has 0 heterocycles. The van der Waals surface area contributed by atoms with Crippen molar-refractivity contribution in [1.29, 1.82) is 5.52 Å². The van der Waals surface area contributed by atoms with E-state index in [-0.39, 0.29) is 22.1 Å². The number of nitrogen functional groups attached to an aromatic ring is 1. The van der Waals surface area contributed by atoms with Crippen LogP contribution in [0.15, 0.2) is 38.4 Å². The molecule has 0 fully saturated rings. The molecule has 0 aromatic heterocycles. The maximum atomic E-state index is 11.4. The molecule has 2 rings (SSSR count). The first-order chi connectivity index (χ1) is 12.3. The van der Waals surface area contributed by atoms with Crippen LogP contribution in [-0.4, -0.2) is 44.4 Å². The van der Waals surface area contributed by atoms with Gasteiger partial charge >= 0.3 is 0 Å². The minimum Gasteiger partial charge on any atom is -0.505 e. The smallest absolute Gasteiger partial charge is 0.296 e. The Morgan fingerprint density at radius 3 is 2.27 bits per heavy atom. The van der Waals surface area contributed by atoms with Crippen LogP contribution < -0.4 is 5.73 Å². The number of nitrogens with zero attached hydrogens (tertiary/aromatic N) is 3. The number of rotatable bonds is 3. The van der Waals surface area contributed by atoms with E-state index in [1.165, 1.54) is 19.2 Å². The van der Waals surface area contributed by atoms with Gasteiger partial charge in [-0.25, -0.2) is 5.52 Å². The van der Waals surface area contributed by atoms with Gasteiger partial charge in [0.1, 0.15) is 16.3 Å². The lowest BCUT2D eigenvalue weighted by Crippen LogP contribution is -1.99. The molecule has 2 aromatic rings. The van der Waals surface area contributed by atoms with Crippen molar-refractivity contribution in [3.8, 4) is 5.75 Å². The molecule has 12 nitrogen and oxygen atoms in total. The highest BCUT2D eigenvalue weighted by molar-refractivity contribution is 7.86. The van der Waals surface area contributed by atoms with Crippen LogP contribution in [0.4, 0.5) is 17.1 Å². The van der Waals surface area contributed by atoms with Crippen LogP contribution in [0.3, 0.4) is 0 Å². The number of phenolic OH excluding ortho intramolecular Hbond substituents is 1. The van der Waals surface area contributed by atoms with Gasteiger partial charge in [0.05, 0.1) is 17.3 Å². The molecule has 142 valence electrons. The Labute approximate surface area is 149 Å². The highest BCUT2D eigenvalue weighted by atomic mass is 32.2. The molecule has 0 radical (unpaired) electrons. The van der Waals surface area contributed by atoms with Crippen LogP contribution in [0, 0.1) is 5.52 Å². The highest BCUT2D eigenvalue weighted by Gasteiger charge is 2.23. The molecule has 0 atom stereocenters. The zero-order chi connectivity index (χ0) is 21.0. The SMILES string of the molecule is CS(=O)(=O)O.[2H]N=Nc1c(S(=O)(=O)O)cc2ccc(N=NC)c(N)c2c1O. The van der Waals surface area contributed by atoms with Crippen molar-refractivity contribution in [3.05, 3.63) is 18.2 Å². The molecular weight excluding hydrogens is 390 g/mol. The lowest BCUT2D eigenvalue weighted by Gasteiger charge is -2.11. The number of aromatic hydroxyl groups is 1. The van der Waals surface area contributed by atoms with Gasteiger partial charge in [-0.1, -0.05) is 6.07 Å². The van der Waals surface area contributed by atoms with Gasteiger partial charge in [0.25, 0.3) is 20.2 Å². The molecule has 0 aliphatic carbocycles. The number of phenols is 1. The zero-order valence-corrected chi connectivity index (χ0v) is 15.0. The monoisotopic (exact) mass is 406 g/mol. The van der Waals surface area contributed by atoms with Gasteiger partial charge in [-0.2, -0.15) is 32.2 Å². The number of fused-ring (bicyclic) bond motifs is 1. The Balaban J connectivity index is 0.000000646. The fraction of sp³-hybridized carbons (Fsp3) is 0.167. The van der Waals surface area contributed by atoms with Crippen LogP contribution in [0.1, 0.15) is 0 Å². The summed E-state index contributed by atoms with van der Waals surface area (Å²) in [6.07, 6.45) is 0.715. The van der Waals surface area contributed by atoms with E-state index < -0.39 is 36.6 Å². The van der Waals surface area contributed by atoms with Gasteiger partial charge < -0.3 is 10.8 Å². The number of anilines is 1. The van der Waals surface area contributed by atoms with Crippen molar-refractivity contribution in [2.75, 3.05) is 19.0 Å². The standard InChI is InChI=1S/C11H11N5O4S.CH4O3S/c1-14-16-6-3-2-5-4-7(21(18,19)20)10(15-13)11(17)8(5)9(6)12;1-5(2,3)4/h2-4,13,17H,12H2,1H3,(H,18,19,20);1H3,(H,2,3,4)/i/hD. The Morgan fingerprint density at radius 1 is 1.23 bits per heavy atom. The topological polar surface area (TPSA) is 216 Å². The number of hydrogen-bond donors (Lipinski definition) is 5. The molecule has 0 bridgehead atoms. The van der Waals surface area contributed by atoms with Gasteiger partial charge in [-0.3, -0.25) is 9.11 Å². The molecule has 26 heavy (non-hydrogen) atoms. The number of azo groups is 1. The Bertz CT molecular complexity index is 1120. The second kappa shape index (κ2) is 7.69. The fourth-order valence-electron chi connectivity index (χ4n) is 1.94. The summed E-state index contributed by atoms with van der Waals surface area (Å²) in [5.74, 6) is -0.633. The summed E-state index contributed by atoms with van der Waals surface area (Å²) in [6.45, 7) is 0. The molecule has 0 unspecified atom stereocenters. The molecule has 0 saturated heterocycles. The lowest BCUT2D eigenvalue weighted by atomic mass is 10.1. The van der Waals surface area contributed by atoms with Crippen molar-refractivity contribution in [2.45, 2.75) is 4.90 Å².